The molecule has 4 nitrogen and oxygen atoms in total. The number of carbonyl (C=O) groups is 2. The van der Waals surface area contributed by atoms with Gasteiger partial charge in [-0.1, -0.05) is 42.0 Å². The van der Waals surface area contributed by atoms with Gasteiger partial charge in [0.25, 0.3) is 0 Å². The molecule has 14 heteroatoms. The molecule has 0 bridgehead atoms. The Morgan fingerprint density at radius 3 is 1.37 bits per heavy atom. The lowest BCUT2D eigenvalue weighted by atomic mass is 9.64. The highest BCUT2D eigenvalue weighted by atomic mass is 19.4. The monoisotopic (exact) mass is 602 g/mol. The van der Waals surface area contributed by atoms with Gasteiger partial charge in [0.1, 0.15) is 5.75 Å². The number of carbonyl (C=O) groups excluding carboxylic acids is 2. The molecule has 226 valence electrons. The minimum atomic E-state index is -6.85. The second-order valence-corrected chi connectivity index (χ2v) is 9.78. The van der Waals surface area contributed by atoms with Crippen LogP contribution in [-0.2, 0) is 19.7 Å². The van der Waals surface area contributed by atoms with E-state index in [1.165, 1.54) is 14.0 Å². The van der Waals surface area contributed by atoms with Gasteiger partial charge < -0.3 is 9.47 Å². The highest BCUT2D eigenvalue weighted by molar-refractivity contribution is 5.76. The number of rotatable bonds is 7. The van der Waals surface area contributed by atoms with Crippen LogP contribution in [0.25, 0.3) is 0 Å². The molecule has 0 N–H and O–H groups in total. The van der Waals surface area contributed by atoms with E-state index < -0.39 is 70.3 Å². The number of hydrogen-bond donors (Lipinski definition) is 0. The Hall–Kier alpha value is -3.32. The zero-order valence-corrected chi connectivity index (χ0v) is 21.5. The summed E-state index contributed by atoms with van der Waals surface area (Å²) < 4.78 is 153. The van der Waals surface area contributed by atoms with E-state index in [1.54, 1.807) is 0 Å². The number of halogens is 10. The molecular formula is C27H24F10O4. The highest BCUT2D eigenvalue weighted by Gasteiger charge is 2.85. The van der Waals surface area contributed by atoms with Gasteiger partial charge in [-0.25, -0.2) is 0 Å². The number of methoxy groups -OCH3 is 1. The molecule has 0 aromatic heterocycles. The normalized spacial score (nSPS) is 19.0. The van der Waals surface area contributed by atoms with Crippen LogP contribution in [0.15, 0.2) is 48.5 Å². The predicted molar refractivity (Wildman–Crippen MR) is 124 cm³/mol. The average molecular weight is 602 g/mol. The number of aryl methyl sites for hydroxylation is 1. The minimum absolute atomic E-state index is 0.191. The number of esters is 2. The maximum Gasteiger partial charge on any atom is 0.454 e. The molecule has 0 amide bonds. The first-order valence-corrected chi connectivity index (χ1v) is 12.2. The fourth-order valence-electron chi connectivity index (χ4n) is 5.02. The van der Waals surface area contributed by atoms with Crippen LogP contribution in [0, 0.1) is 18.8 Å². The second kappa shape index (κ2) is 11.2. The van der Waals surface area contributed by atoms with Crippen LogP contribution in [-0.4, -0.2) is 43.2 Å². The van der Waals surface area contributed by atoms with Crippen LogP contribution in [0.1, 0.15) is 42.4 Å². The van der Waals surface area contributed by atoms with Crippen LogP contribution in [0.2, 0.25) is 0 Å². The third-order valence-electron chi connectivity index (χ3n) is 7.24. The summed E-state index contributed by atoms with van der Waals surface area (Å²) in [6, 6.07) is 3.93. The molecule has 2 aromatic carbocycles. The Labute approximate surface area is 227 Å². The first-order chi connectivity index (χ1) is 18.8. The summed E-state index contributed by atoms with van der Waals surface area (Å²) >= 11 is 0. The molecule has 0 spiro atoms. The zero-order chi connectivity index (χ0) is 31.0. The summed E-state index contributed by atoms with van der Waals surface area (Å²) in [5.41, 5.74) is -8.46. The Morgan fingerprint density at radius 2 is 1.00 bits per heavy atom. The lowest BCUT2D eigenvalue weighted by Crippen LogP contribution is -2.68. The third kappa shape index (κ3) is 5.61. The average Bonchev–Trinajstić information content (AvgIpc) is 2.89. The standard InChI is InChI=1S/C27H24F10O4/c1-15-3-9-18(10-4-15)23(24(28,29)26(32,33)34,25(30,31)27(35,36)37)19-11-13-20(14-12-19)41-22(39)17-7-5-16(6-8-17)21(38)40-2/h3-4,9-14,16-17H,5-8H2,1-2H3. The molecule has 2 aromatic rings. The Bertz CT molecular complexity index is 1200. The number of hydrogen-bond acceptors (Lipinski definition) is 4. The molecule has 1 saturated carbocycles. The molecule has 0 unspecified atom stereocenters. The Morgan fingerprint density at radius 1 is 0.634 bits per heavy atom. The number of ether oxygens (including phenoxy) is 2. The van der Waals surface area contributed by atoms with Gasteiger partial charge in [-0.15, -0.1) is 0 Å². The van der Waals surface area contributed by atoms with Crippen LogP contribution in [0.3, 0.4) is 0 Å². The van der Waals surface area contributed by atoms with Crippen LogP contribution in [0.4, 0.5) is 43.9 Å². The van der Waals surface area contributed by atoms with Crippen molar-refractivity contribution >= 4 is 11.9 Å². The van der Waals surface area contributed by atoms with Crippen molar-refractivity contribution in [2.24, 2.45) is 11.8 Å². The van der Waals surface area contributed by atoms with Crippen LogP contribution >= 0.6 is 0 Å². The summed E-state index contributed by atoms with van der Waals surface area (Å²) in [6.45, 7) is 1.32. The molecule has 3 rings (SSSR count). The van der Waals surface area contributed by atoms with Gasteiger partial charge in [-0.2, -0.15) is 43.9 Å². The summed E-state index contributed by atoms with van der Waals surface area (Å²) in [5.74, 6) is -16.3. The van der Waals surface area contributed by atoms with E-state index in [0.29, 0.717) is 24.3 Å². The van der Waals surface area contributed by atoms with Crippen LogP contribution < -0.4 is 4.74 Å². The predicted octanol–water partition coefficient (Wildman–Crippen LogP) is 7.56. The SMILES string of the molecule is COC(=O)C1CCC(C(=O)Oc2ccc(C(c3ccc(C)cc3)(C(F)(F)C(F)(F)F)C(F)(F)C(F)(F)F)cc2)CC1. The van der Waals surface area contributed by atoms with Gasteiger partial charge in [0.05, 0.1) is 18.9 Å². The van der Waals surface area contributed by atoms with E-state index in [0.717, 1.165) is 12.1 Å². The molecule has 0 aliphatic heterocycles. The summed E-state index contributed by atoms with van der Waals surface area (Å²) in [5, 5.41) is 0. The lowest BCUT2D eigenvalue weighted by Gasteiger charge is -2.46. The Kier molecular flexibility index (Phi) is 8.77. The summed E-state index contributed by atoms with van der Waals surface area (Å²) in [6.07, 6.45) is -12.7. The molecule has 0 heterocycles. The third-order valence-corrected chi connectivity index (χ3v) is 7.24. The van der Waals surface area contributed by atoms with E-state index in [2.05, 4.69) is 4.74 Å². The number of alkyl halides is 10. The maximum atomic E-state index is 15.2. The molecule has 41 heavy (non-hydrogen) atoms. The van der Waals surface area contributed by atoms with Crippen molar-refractivity contribution < 1.29 is 63.0 Å². The molecular weight excluding hydrogens is 578 g/mol. The molecule has 1 aliphatic rings. The minimum Gasteiger partial charge on any atom is -0.469 e. The number of benzene rings is 2. The van der Waals surface area contributed by atoms with Gasteiger partial charge in [0, 0.05) is 0 Å². The van der Waals surface area contributed by atoms with Gasteiger partial charge in [0.2, 0.25) is 0 Å². The first-order valence-electron chi connectivity index (χ1n) is 12.2. The van der Waals surface area contributed by atoms with Crippen molar-refractivity contribution in [1.82, 2.24) is 0 Å². The van der Waals surface area contributed by atoms with Crippen molar-refractivity contribution in [3.8, 4) is 5.75 Å². The van der Waals surface area contributed by atoms with E-state index in [-0.39, 0.29) is 43.4 Å². The van der Waals surface area contributed by atoms with Gasteiger partial charge in [-0.05, 0) is 55.9 Å². The fourth-order valence-corrected chi connectivity index (χ4v) is 5.02. The molecule has 0 saturated heterocycles. The van der Waals surface area contributed by atoms with Crippen molar-refractivity contribution in [2.75, 3.05) is 7.11 Å². The van der Waals surface area contributed by atoms with Gasteiger partial charge >= 0.3 is 36.1 Å². The largest absolute Gasteiger partial charge is 0.469 e. The van der Waals surface area contributed by atoms with E-state index >= 15 is 17.6 Å². The van der Waals surface area contributed by atoms with Crippen molar-refractivity contribution in [1.29, 1.82) is 0 Å². The van der Waals surface area contributed by atoms with Gasteiger partial charge in [-0.3, -0.25) is 9.59 Å². The van der Waals surface area contributed by atoms with E-state index in [1.807, 2.05) is 0 Å². The maximum absolute atomic E-state index is 15.2. The second-order valence-electron chi connectivity index (χ2n) is 9.78. The van der Waals surface area contributed by atoms with Gasteiger partial charge in [0.15, 0.2) is 5.41 Å². The smallest absolute Gasteiger partial charge is 0.454 e. The molecule has 1 aliphatic carbocycles. The van der Waals surface area contributed by atoms with E-state index in [9.17, 15) is 35.9 Å². The van der Waals surface area contributed by atoms with Crippen molar-refractivity contribution in [3.05, 3.63) is 65.2 Å². The van der Waals surface area contributed by atoms with Crippen molar-refractivity contribution in [3.63, 3.8) is 0 Å². The molecule has 1 fully saturated rings. The quantitative estimate of drug-likeness (QED) is 0.187. The fraction of sp³-hybridized carbons (Fsp3) is 0.481. The van der Waals surface area contributed by atoms with Crippen molar-refractivity contribution in [2.45, 2.75) is 62.2 Å². The molecule has 0 atom stereocenters. The Balaban J connectivity index is 2.08. The summed E-state index contributed by atoms with van der Waals surface area (Å²) in [4.78, 5) is 24.2. The van der Waals surface area contributed by atoms with Crippen LogP contribution in [0.5, 0.6) is 5.75 Å². The highest BCUT2D eigenvalue weighted by Crippen LogP contribution is 2.63. The summed E-state index contributed by atoms with van der Waals surface area (Å²) in [7, 11) is 1.20. The first kappa shape index (κ1) is 32.2. The topological polar surface area (TPSA) is 52.6 Å². The lowest BCUT2D eigenvalue weighted by molar-refractivity contribution is -0.375. The van der Waals surface area contributed by atoms with E-state index in [4.69, 9.17) is 4.74 Å². The zero-order valence-electron chi connectivity index (χ0n) is 21.5. The molecule has 0 radical (unpaired) electrons.